The van der Waals surface area contributed by atoms with Gasteiger partial charge >= 0.3 is 6.03 Å². The molecule has 1 fully saturated rings. The quantitative estimate of drug-likeness (QED) is 0.686. The molecule has 2 aromatic heterocycles. The van der Waals surface area contributed by atoms with Crippen molar-refractivity contribution in [1.29, 1.82) is 0 Å². The lowest BCUT2D eigenvalue weighted by molar-refractivity contribution is 0.100. The van der Waals surface area contributed by atoms with Crippen LogP contribution in [0.3, 0.4) is 0 Å². The van der Waals surface area contributed by atoms with Gasteiger partial charge in [0.25, 0.3) is 0 Å². The number of aromatic nitrogens is 3. The Morgan fingerprint density at radius 3 is 2.79 bits per heavy atom. The summed E-state index contributed by atoms with van der Waals surface area (Å²) in [5.41, 5.74) is 4.26. The molecule has 4 rings (SSSR count). The van der Waals surface area contributed by atoms with Crippen LogP contribution in [-0.2, 0) is 4.74 Å². The minimum absolute atomic E-state index is 0.129. The molecule has 0 spiro atoms. The Morgan fingerprint density at radius 1 is 1.25 bits per heavy atom. The van der Waals surface area contributed by atoms with E-state index in [1.54, 1.807) is 24.9 Å². The molecule has 9 heteroatoms. The van der Waals surface area contributed by atoms with E-state index < -0.39 is 0 Å². The molecule has 0 radical (unpaired) electrons. The van der Waals surface area contributed by atoms with Gasteiger partial charge in [-0.15, -0.1) is 10.2 Å². The van der Waals surface area contributed by atoms with Crippen LogP contribution in [0.5, 0.6) is 5.88 Å². The summed E-state index contributed by atoms with van der Waals surface area (Å²) in [5, 5.41) is 14.6. The topological polar surface area (TPSA) is 98.3 Å². The van der Waals surface area contributed by atoms with Crippen molar-refractivity contribution in [3.8, 4) is 16.5 Å². The minimum atomic E-state index is -0.273. The number of pyridine rings is 1. The van der Waals surface area contributed by atoms with Crippen LogP contribution in [0.15, 0.2) is 48.1 Å². The van der Waals surface area contributed by atoms with Gasteiger partial charge in [-0.3, -0.25) is 0 Å². The van der Waals surface area contributed by atoms with Crippen LogP contribution in [-0.4, -0.2) is 41.0 Å². The van der Waals surface area contributed by atoms with E-state index in [9.17, 15) is 4.79 Å². The second kappa shape index (κ2) is 8.32. The number of anilines is 1. The molecule has 0 bridgehead atoms. The van der Waals surface area contributed by atoms with Gasteiger partial charge < -0.3 is 20.1 Å². The molecule has 1 aliphatic heterocycles. The predicted octanol–water partition coefficient (Wildman–Crippen LogP) is 3.26. The van der Waals surface area contributed by atoms with E-state index >= 15 is 0 Å². The van der Waals surface area contributed by atoms with Crippen molar-refractivity contribution in [1.82, 2.24) is 20.5 Å². The lowest BCUT2D eigenvalue weighted by Gasteiger charge is -2.20. The van der Waals surface area contributed by atoms with E-state index in [1.165, 1.54) is 11.3 Å². The number of nitrogens with one attached hydrogen (secondary N) is 2. The van der Waals surface area contributed by atoms with Crippen molar-refractivity contribution < 1.29 is 14.3 Å². The third kappa shape index (κ3) is 4.10. The molecule has 1 aliphatic rings. The Labute approximate surface area is 165 Å². The Bertz CT molecular complexity index is 916. The number of rotatable bonds is 5. The van der Waals surface area contributed by atoms with Crippen molar-refractivity contribution >= 4 is 23.1 Å². The number of methoxy groups -OCH3 is 1. The Kier molecular flexibility index (Phi) is 5.45. The first-order chi connectivity index (χ1) is 13.7. The maximum atomic E-state index is 12.4. The summed E-state index contributed by atoms with van der Waals surface area (Å²) in [6, 6.07) is 10.8. The Balaban J connectivity index is 1.37. The molecule has 0 unspecified atom stereocenters. The second-order valence-electron chi connectivity index (χ2n) is 6.24. The molecule has 1 aromatic carbocycles. The summed E-state index contributed by atoms with van der Waals surface area (Å²) in [6.07, 6.45) is 2.22. The molecule has 8 nitrogen and oxygen atoms in total. The highest BCUT2D eigenvalue weighted by atomic mass is 32.1. The highest BCUT2D eigenvalue weighted by Crippen LogP contribution is 2.29. The zero-order valence-corrected chi connectivity index (χ0v) is 16.0. The molecule has 0 aliphatic carbocycles. The Hall–Kier alpha value is -3.04. The van der Waals surface area contributed by atoms with Crippen LogP contribution in [0.25, 0.3) is 10.6 Å². The fourth-order valence-corrected chi connectivity index (χ4v) is 3.64. The van der Waals surface area contributed by atoms with Gasteiger partial charge in [0.15, 0.2) is 0 Å². The van der Waals surface area contributed by atoms with E-state index in [4.69, 9.17) is 9.47 Å². The van der Waals surface area contributed by atoms with Crippen LogP contribution in [0, 0.1) is 0 Å². The van der Waals surface area contributed by atoms with Gasteiger partial charge in [-0.1, -0.05) is 11.3 Å². The zero-order valence-electron chi connectivity index (χ0n) is 15.2. The largest absolute Gasteiger partial charge is 0.481 e. The van der Waals surface area contributed by atoms with Gasteiger partial charge in [0, 0.05) is 35.7 Å². The SMILES string of the molecule is COc1ccc([C@@H]2OCC[C@H]2NC(=O)Nc2ccc(-c3nncs3)cc2)cn1. The van der Waals surface area contributed by atoms with Crippen molar-refractivity contribution in [2.75, 3.05) is 19.0 Å². The molecule has 144 valence electrons. The number of carbonyl (C=O) groups is 1. The van der Waals surface area contributed by atoms with Gasteiger partial charge in [-0.2, -0.15) is 0 Å². The fraction of sp³-hybridized carbons (Fsp3) is 0.263. The number of hydrogen-bond acceptors (Lipinski definition) is 7. The van der Waals surface area contributed by atoms with Crippen LogP contribution >= 0.6 is 11.3 Å². The maximum absolute atomic E-state index is 12.4. The summed E-state index contributed by atoms with van der Waals surface area (Å²) in [4.78, 5) is 16.6. The summed E-state index contributed by atoms with van der Waals surface area (Å²) in [6.45, 7) is 0.582. The number of nitrogens with zero attached hydrogens (tertiary/aromatic N) is 3. The van der Waals surface area contributed by atoms with E-state index in [-0.39, 0.29) is 18.2 Å². The minimum Gasteiger partial charge on any atom is -0.481 e. The third-order valence-corrected chi connectivity index (χ3v) is 5.20. The fourth-order valence-electron chi connectivity index (χ4n) is 3.08. The lowest BCUT2D eigenvalue weighted by atomic mass is 10.0. The predicted molar refractivity (Wildman–Crippen MR) is 105 cm³/mol. The van der Waals surface area contributed by atoms with E-state index in [2.05, 4.69) is 25.8 Å². The van der Waals surface area contributed by atoms with Crippen molar-refractivity contribution in [3.05, 3.63) is 53.7 Å². The van der Waals surface area contributed by atoms with Crippen LogP contribution in [0.4, 0.5) is 10.5 Å². The van der Waals surface area contributed by atoms with Crippen molar-refractivity contribution in [2.45, 2.75) is 18.6 Å². The number of carbonyl (C=O) groups excluding carboxylic acids is 1. The van der Waals surface area contributed by atoms with Gasteiger partial charge in [-0.05, 0) is 36.8 Å². The van der Waals surface area contributed by atoms with Gasteiger partial charge in [-0.25, -0.2) is 9.78 Å². The zero-order chi connectivity index (χ0) is 19.3. The smallest absolute Gasteiger partial charge is 0.319 e. The summed E-state index contributed by atoms with van der Waals surface area (Å²) in [7, 11) is 1.57. The maximum Gasteiger partial charge on any atom is 0.319 e. The molecular formula is C19H19N5O3S. The number of hydrogen-bond donors (Lipinski definition) is 2. The van der Waals surface area contributed by atoms with E-state index in [0.29, 0.717) is 18.2 Å². The van der Waals surface area contributed by atoms with Gasteiger partial charge in [0.1, 0.15) is 16.6 Å². The first-order valence-corrected chi connectivity index (χ1v) is 9.66. The first kappa shape index (κ1) is 18.3. The number of urea groups is 1. The third-order valence-electron chi connectivity index (χ3n) is 4.45. The summed E-state index contributed by atoms with van der Waals surface area (Å²) < 4.78 is 10.9. The highest BCUT2D eigenvalue weighted by Gasteiger charge is 2.31. The van der Waals surface area contributed by atoms with Gasteiger partial charge in [0.2, 0.25) is 5.88 Å². The van der Waals surface area contributed by atoms with Crippen molar-refractivity contribution in [3.63, 3.8) is 0 Å². The van der Waals surface area contributed by atoms with Crippen molar-refractivity contribution in [2.24, 2.45) is 0 Å². The molecule has 0 saturated carbocycles. The van der Waals surface area contributed by atoms with E-state index in [0.717, 1.165) is 22.6 Å². The molecule has 28 heavy (non-hydrogen) atoms. The molecule has 2 N–H and O–H groups in total. The average Bonchev–Trinajstić information content (AvgIpc) is 3.41. The molecular weight excluding hydrogens is 378 g/mol. The molecule has 1 saturated heterocycles. The van der Waals surface area contributed by atoms with E-state index in [1.807, 2.05) is 30.3 Å². The molecule has 2 amide bonds. The monoisotopic (exact) mass is 397 g/mol. The highest BCUT2D eigenvalue weighted by molar-refractivity contribution is 7.12. The van der Waals surface area contributed by atoms with Crippen LogP contribution in [0.1, 0.15) is 18.1 Å². The average molecular weight is 397 g/mol. The standard InChI is InChI=1S/C19H19N5O3S/c1-26-16-7-4-13(10-20-16)17-15(8-9-27-17)23-19(25)22-14-5-2-12(3-6-14)18-24-21-11-28-18/h2-7,10-11,15,17H,8-9H2,1H3,(H2,22,23,25)/t15-,17+/m1/s1. The normalized spacial score (nSPS) is 18.6. The number of amides is 2. The van der Waals surface area contributed by atoms with Crippen LogP contribution in [0.2, 0.25) is 0 Å². The Morgan fingerprint density at radius 2 is 2.11 bits per heavy atom. The van der Waals surface area contributed by atoms with Crippen LogP contribution < -0.4 is 15.4 Å². The molecule has 3 aromatic rings. The lowest BCUT2D eigenvalue weighted by Crippen LogP contribution is -2.39. The number of ether oxygens (including phenoxy) is 2. The summed E-state index contributed by atoms with van der Waals surface area (Å²) >= 11 is 1.47. The van der Waals surface area contributed by atoms with Gasteiger partial charge in [0.05, 0.1) is 13.2 Å². The summed E-state index contributed by atoms with van der Waals surface area (Å²) in [5.74, 6) is 0.543. The number of benzene rings is 1. The molecule has 3 heterocycles. The first-order valence-electron chi connectivity index (χ1n) is 8.78. The molecule has 2 atom stereocenters. The second-order valence-corrected chi connectivity index (χ2v) is 7.07.